The number of ketones is 1. The van der Waals surface area contributed by atoms with Crippen molar-refractivity contribution in [3.05, 3.63) is 65.2 Å². The number of nitrogens with zero attached hydrogens (tertiary/aromatic N) is 5. The molecular formula is C19H15N5O3S. The van der Waals surface area contributed by atoms with Crippen molar-refractivity contribution >= 4 is 23.5 Å². The summed E-state index contributed by atoms with van der Waals surface area (Å²) in [5, 5.41) is 29.9. The fourth-order valence-electron chi connectivity index (χ4n) is 2.47. The lowest BCUT2D eigenvalue weighted by Crippen LogP contribution is -2.28. The molecule has 0 aliphatic rings. The van der Waals surface area contributed by atoms with Crippen molar-refractivity contribution in [3.8, 4) is 11.8 Å². The Balaban J connectivity index is 1.85. The number of carboxylic acids is 1. The SMILES string of the molecule is CC(C)(Sc1nnnn1-c1ccc(C(=O)O)cc1)C(=O)c1ccc(C#N)cc1. The Bertz CT molecular complexity index is 1070. The van der Waals surface area contributed by atoms with Gasteiger partial charge in [-0.05, 0) is 60.7 Å². The number of aromatic carboxylic acids is 1. The number of rotatable bonds is 6. The van der Waals surface area contributed by atoms with E-state index < -0.39 is 10.7 Å². The second kappa shape index (κ2) is 7.62. The first kappa shape index (κ1) is 19.3. The van der Waals surface area contributed by atoms with Gasteiger partial charge in [0.15, 0.2) is 5.78 Å². The van der Waals surface area contributed by atoms with Gasteiger partial charge in [-0.2, -0.15) is 9.94 Å². The van der Waals surface area contributed by atoms with Crippen molar-refractivity contribution < 1.29 is 14.7 Å². The first-order valence-electron chi connectivity index (χ1n) is 8.18. The zero-order chi connectivity index (χ0) is 20.3. The van der Waals surface area contributed by atoms with E-state index in [2.05, 4.69) is 15.5 Å². The zero-order valence-electron chi connectivity index (χ0n) is 15.0. The van der Waals surface area contributed by atoms with Gasteiger partial charge in [0.25, 0.3) is 0 Å². The lowest BCUT2D eigenvalue weighted by molar-refractivity contribution is 0.0696. The van der Waals surface area contributed by atoms with E-state index in [1.165, 1.54) is 28.6 Å². The van der Waals surface area contributed by atoms with E-state index >= 15 is 0 Å². The molecule has 0 saturated heterocycles. The summed E-state index contributed by atoms with van der Waals surface area (Å²) >= 11 is 1.19. The average molecular weight is 393 g/mol. The van der Waals surface area contributed by atoms with E-state index in [1.807, 2.05) is 6.07 Å². The van der Waals surface area contributed by atoms with Gasteiger partial charge in [-0.25, -0.2) is 4.79 Å². The average Bonchev–Trinajstić information content (AvgIpc) is 3.14. The van der Waals surface area contributed by atoms with Crippen LogP contribution in [0.4, 0.5) is 0 Å². The third kappa shape index (κ3) is 3.92. The summed E-state index contributed by atoms with van der Waals surface area (Å²) in [5.74, 6) is -1.15. The monoisotopic (exact) mass is 393 g/mol. The third-order valence-electron chi connectivity index (χ3n) is 3.97. The van der Waals surface area contributed by atoms with Gasteiger partial charge in [-0.1, -0.05) is 23.9 Å². The molecule has 9 heteroatoms. The van der Waals surface area contributed by atoms with E-state index in [0.717, 1.165) is 0 Å². The van der Waals surface area contributed by atoms with E-state index in [-0.39, 0.29) is 11.3 Å². The van der Waals surface area contributed by atoms with E-state index in [1.54, 1.807) is 50.2 Å². The van der Waals surface area contributed by atoms with Crippen molar-refractivity contribution in [2.75, 3.05) is 0 Å². The molecule has 0 spiro atoms. The smallest absolute Gasteiger partial charge is 0.335 e. The summed E-state index contributed by atoms with van der Waals surface area (Å²) in [6, 6.07) is 14.6. The van der Waals surface area contributed by atoms with Gasteiger partial charge in [-0.3, -0.25) is 4.79 Å². The molecule has 0 aliphatic carbocycles. The molecule has 3 aromatic rings. The fraction of sp³-hybridized carbons (Fsp3) is 0.158. The highest BCUT2D eigenvalue weighted by Gasteiger charge is 2.32. The Morgan fingerprint density at radius 1 is 1.07 bits per heavy atom. The summed E-state index contributed by atoms with van der Waals surface area (Å²) in [6.45, 7) is 3.54. The molecule has 0 atom stereocenters. The van der Waals surface area contributed by atoms with Gasteiger partial charge in [0, 0.05) is 5.56 Å². The predicted octanol–water partition coefficient (Wildman–Crippen LogP) is 2.99. The van der Waals surface area contributed by atoms with Crippen LogP contribution in [-0.4, -0.2) is 41.8 Å². The summed E-state index contributed by atoms with van der Waals surface area (Å²) in [4.78, 5) is 23.9. The lowest BCUT2D eigenvalue weighted by Gasteiger charge is -2.21. The number of benzene rings is 2. The van der Waals surface area contributed by atoms with Crippen LogP contribution in [0.2, 0.25) is 0 Å². The van der Waals surface area contributed by atoms with Crippen LogP contribution in [0.5, 0.6) is 0 Å². The van der Waals surface area contributed by atoms with Crippen molar-refractivity contribution in [1.29, 1.82) is 5.26 Å². The largest absolute Gasteiger partial charge is 0.478 e. The minimum absolute atomic E-state index is 0.127. The number of thioether (sulfide) groups is 1. The Hall–Kier alpha value is -3.51. The first-order chi connectivity index (χ1) is 13.3. The maximum atomic E-state index is 12.9. The van der Waals surface area contributed by atoms with E-state index in [9.17, 15) is 9.59 Å². The van der Waals surface area contributed by atoms with Crippen LogP contribution in [0.1, 0.15) is 40.1 Å². The number of nitriles is 1. The maximum Gasteiger partial charge on any atom is 0.335 e. The van der Waals surface area contributed by atoms with Gasteiger partial charge in [0.05, 0.1) is 27.6 Å². The molecule has 1 N–H and O–H groups in total. The molecule has 140 valence electrons. The highest BCUT2D eigenvalue weighted by Crippen LogP contribution is 2.34. The molecule has 1 aromatic heterocycles. The van der Waals surface area contributed by atoms with Gasteiger partial charge in [-0.15, -0.1) is 5.10 Å². The summed E-state index contributed by atoms with van der Waals surface area (Å²) in [7, 11) is 0. The molecule has 1 heterocycles. The highest BCUT2D eigenvalue weighted by molar-refractivity contribution is 8.01. The normalized spacial score (nSPS) is 11.0. The van der Waals surface area contributed by atoms with E-state index in [0.29, 0.717) is 22.0 Å². The Morgan fingerprint density at radius 3 is 2.25 bits per heavy atom. The number of Topliss-reactive ketones (excluding diaryl/α,β-unsaturated/α-hetero) is 1. The number of hydrogen-bond acceptors (Lipinski definition) is 7. The number of aromatic nitrogens is 4. The quantitative estimate of drug-likeness (QED) is 0.501. The van der Waals surface area contributed by atoms with Crippen molar-refractivity contribution in [1.82, 2.24) is 20.2 Å². The van der Waals surface area contributed by atoms with Crippen LogP contribution in [-0.2, 0) is 0 Å². The molecule has 2 aromatic carbocycles. The predicted molar refractivity (Wildman–Crippen MR) is 102 cm³/mol. The van der Waals surface area contributed by atoms with Crippen molar-refractivity contribution in [2.24, 2.45) is 0 Å². The van der Waals surface area contributed by atoms with Crippen LogP contribution in [0.15, 0.2) is 53.7 Å². The van der Waals surface area contributed by atoms with E-state index in [4.69, 9.17) is 10.4 Å². The number of tetrazole rings is 1. The summed E-state index contributed by atoms with van der Waals surface area (Å²) < 4.78 is 0.575. The molecule has 28 heavy (non-hydrogen) atoms. The van der Waals surface area contributed by atoms with Crippen molar-refractivity contribution in [3.63, 3.8) is 0 Å². The second-order valence-electron chi connectivity index (χ2n) is 6.36. The van der Waals surface area contributed by atoms with Gasteiger partial charge >= 0.3 is 5.97 Å². The molecule has 0 amide bonds. The highest BCUT2D eigenvalue weighted by atomic mass is 32.2. The molecule has 0 radical (unpaired) electrons. The molecule has 3 rings (SSSR count). The Morgan fingerprint density at radius 2 is 1.68 bits per heavy atom. The van der Waals surface area contributed by atoms with Crippen LogP contribution >= 0.6 is 11.8 Å². The molecular weight excluding hydrogens is 378 g/mol. The third-order valence-corrected chi connectivity index (χ3v) is 5.10. The second-order valence-corrected chi connectivity index (χ2v) is 7.95. The minimum atomic E-state index is -1.02. The van der Waals surface area contributed by atoms with Crippen LogP contribution < -0.4 is 0 Å². The van der Waals surface area contributed by atoms with Crippen LogP contribution in [0.25, 0.3) is 5.69 Å². The Kier molecular flexibility index (Phi) is 5.24. The molecule has 0 unspecified atom stereocenters. The number of carbonyl (C=O) groups excluding carboxylic acids is 1. The lowest BCUT2D eigenvalue weighted by atomic mass is 9.99. The Labute approximate surface area is 164 Å². The molecule has 0 aliphatic heterocycles. The topological polar surface area (TPSA) is 122 Å². The first-order valence-corrected chi connectivity index (χ1v) is 8.99. The fourth-order valence-corrected chi connectivity index (χ4v) is 3.44. The molecule has 0 saturated carbocycles. The standard InChI is InChI=1S/C19H15N5O3S/c1-19(2,16(25)13-5-3-12(11-20)4-6-13)28-18-21-22-23-24(18)15-9-7-14(8-10-15)17(26)27/h3-10H,1-2H3,(H,26,27). The summed E-state index contributed by atoms with van der Waals surface area (Å²) in [6.07, 6.45) is 0. The number of carbonyl (C=O) groups is 2. The van der Waals surface area contributed by atoms with Gasteiger partial charge in [0.1, 0.15) is 0 Å². The number of carboxylic acid groups (broad SMARTS) is 1. The molecule has 0 bridgehead atoms. The van der Waals surface area contributed by atoms with Crippen LogP contribution in [0.3, 0.4) is 0 Å². The molecule has 0 fully saturated rings. The molecule has 8 nitrogen and oxygen atoms in total. The minimum Gasteiger partial charge on any atom is -0.478 e. The maximum absolute atomic E-state index is 12.9. The van der Waals surface area contributed by atoms with Crippen LogP contribution in [0, 0.1) is 11.3 Å². The summed E-state index contributed by atoms with van der Waals surface area (Å²) in [5.41, 5.74) is 1.71. The van der Waals surface area contributed by atoms with Gasteiger partial charge < -0.3 is 5.11 Å². The number of hydrogen-bond donors (Lipinski definition) is 1. The zero-order valence-corrected chi connectivity index (χ0v) is 15.8. The van der Waals surface area contributed by atoms with Crippen molar-refractivity contribution in [2.45, 2.75) is 23.8 Å². The van der Waals surface area contributed by atoms with Gasteiger partial charge in [0.2, 0.25) is 5.16 Å².